The number of rotatable bonds is 6. The molecule has 0 atom stereocenters. The standard InChI is InChI=1S/C22H17BrO5/c1-26-22(25)19-13-17(23)9-12-20(19)28-21(24)14-27-18-10-7-16(8-11-18)15-5-3-2-4-6-15/h2-13H,14H2,1H3. The van der Waals surface area contributed by atoms with Crippen molar-refractivity contribution in [2.24, 2.45) is 0 Å². The molecule has 0 saturated carbocycles. The van der Waals surface area contributed by atoms with Crippen LogP contribution < -0.4 is 9.47 Å². The van der Waals surface area contributed by atoms with Gasteiger partial charge >= 0.3 is 11.9 Å². The van der Waals surface area contributed by atoms with Crippen LogP contribution in [0.5, 0.6) is 11.5 Å². The fourth-order valence-corrected chi connectivity index (χ4v) is 2.89. The van der Waals surface area contributed by atoms with Crippen molar-refractivity contribution in [1.82, 2.24) is 0 Å². The maximum Gasteiger partial charge on any atom is 0.349 e. The average molecular weight is 441 g/mol. The lowest BCUT2D eigenvalue weighted by molar-refractivity contribution is -0.136. The lowest BCUT2D eigenvalue weighted by atomic mass is 10.1. The number of ether oxygens (including phenoxy) is 3. The Bertz CT molecular complexity index is 968. The van der Waals surface area contributed by atoms with Crippen LogP contribution in [0.4, 0.5) is 0 Å². The van der Waals surface area contributed by atoms with E-state index < -0.39 is 11.9 Å². The quantitative estimate of drug-likeness (QED) is 0.403. The second-order valence-electron chi connectivity index (χ2n) is 5.79. The topological polar surface area (TPSA) is 61.8 Å². The number of carbonyl (C=O) groups is 2. The van der Waals surface area contributed by atoms with E-state index in [1.165, 1.54) is 19.2 Å². The van der Waals surface area contributed by atoms with Gasteiger partial charge in [0.2, 0.25) is 0 Å². The molecule has 0 saturated heterocycles. The van der Waals surface area contributed by atoms with Crippen molar-refractivity contribution in [2.75, 3.05) is 13.7 Å². The summed E-state index contributed by atoms with van der Waals surface area (Å²) in [5.41, 5.74) is 2.30. The van der Waals surface area contributed by atoms with Crippen LogP contribution in [0, 0.1) is 0 Å². The molecule has 0 aliphatic heterocycles. The highest BCUT2D eigenvalue weighted by molar-refractivity contribution is 9.10. The molecule has 3 rings (SSSR count). The van der Waals surface area contributed by atoms with Crippen molar-refractivity contribution < 1.29 is 23.8 Å². The molecule has 0 aliphatic carbocycles. The second kappa shape index (κ2) is 9.19. The molecular weight excluding hydrogens is 424 g/mol. The summed E-state index contributed by atoms with van der Waals surface area (Å²) in [5, 5.41) is 0. The van der Waals surface area contributed by atoms with Crippen molar-refractivity contribution >= 4 is 27.9 Å². The fraction of sp³-hybridized carbons (Fsp3) is 0.0909. The van der Waals surface area contributed by atoms with Gasteiger partial charge in [-0.3, -0.25) is 0 Å². The van der Waals surface area contributed by atoms with Crippen molar-refractivity contribution in [1.29, 1.82) is 0 Å². The van der Waals surface area contributed by atoms with Crippen LogP contribution in [0.2, 0.25) is 0 Å². The summed E-state index contributed by atoms with van der Waals surface area (Å²) in [5.74, 6) is -0.565. The third-order valence-electron chi connectivity index (χ3n) is 3.89. The van der Waals surface area contributed by atoms with E-state index in [-0.39, 0.29) is 17.9 Å². The first-order chi connectivity index (χ1) is 13.6. The molecule has 3 aromatic rings. The molecule has 3 aromatic carbocycles. The normalized spacial score (nSPS) is 10.2. The number of halogens is 1. The number of methoxy groups -OCH3 is 1. The number of carbonyl (C=O) groups excluding carboxylic acids is 2. The minimum Gasteiger partial charge on any atom is -0.482 e. The molecule has 0 amide bonds. The monoisotopic (exact) mass is 440 g/mol. The molecule has 142 valence electrons. The summed E-state index contributed by atoms with van der Waals surface area (Å²) >= 11 is 3.27. The van der Waals surface area contributed by atoms with Crippen LogP contribution in [0.1, 0.15) is 10.4 Å². The third kappa shape index (κ3) is 4.98. The Kier molecular flexibility index (Phi) is 6.45. The van der Waals surface area contributed by atoms with Gasteiger partial charge in [0.1, 0.15) is 17.1 Å². The zero-order valence-electron chi connectivity index (χ0n) is 15.1. The number of hydrogen-bond donors (Lipinski definition) is 0. The van der Waals surface area contributed by atoms with Crippen LogP contribution in [0.25, 0.3) is 11.1 Å². The van der Waals surface area contributed by atoms with Gasteiger partial charge in [-0.05, 0) is 41.5 Å². The molecule has 0 spiro atoms. The number of benzene rings is 3. The largest absolute Gasteiger partial charge is 0.482 e. The summed E-state index contributed by atoms with van der Waals surface area (Å²) in [4.78, 5) is 23.9. The zero-order chi connectivity index (χ0) is 19.9. The Balaban J connectivity index is 1.61. The van der Waals surface area contributed by atoms with Gasteiger partial charge in [-0.25, -0.2) is 9.59 Å². The summed E-state index contributed by atoms with van der Waals surface area (Å²) in [6, 6.07) is 22.1. The maximum absolute atomic E-state index is 12.1. The number of esters is 2. The van der Waals surface area contributed by atoms with E-state index >= 15 is 0 Å². The third-order valence-corrected chi connectivity index (χ3v) is 4.38. The van der Waals surface area contributed by atoms with Gasteiger partial charge in [-0.15, -0.1) is 0 Å². The van der Waals surface area contributed by atoms with Gasteiger partial charge < -0.3 is 14.2 Å². The minimum atomic E-state index is -0.625. The average Bonchev–Trinajstić information content (AvgIpc) is 2.74. The van der Waals surface area contributed by atoms with Crippen molar-refractivity contribution in [3.8, 4) is 22.6 Å². The molecule has 5 nitrogen and oxygen atoms in total. The first kappa shape index (κ1) is 19.6. The smallest absolute Gasteiger partial charge is 0.349 e. The molecule has 6 heteroatoms. The Labute approximate surface area is 171 Å². The predicted octanol–water partition coefficient (Wildman–Crippen LogP) is 4.89. The first-order valence-electron chi connectivity index (χ1n) is 8.43. The molecule has 0 radical (unpaired) electrons. The second-order valence-corrected chi connectivity index (χ2v) is 6.70. The van der Waals surface area contributed by atoms with Gasteiger partial charge in [-0.2, -0.15) is 0 Å². The molecule has 0 aromatic heterocycles. The molecule has 0 heterocycles. The number of hydrogen-bond acceptors (Lipinski definition) is 5. The van der Waals surface area contributed by atoms with E-state index in [1.54, 1.807) is 18.2 Å². The Morgan fingerprint density at radius 2 is 1.57 bits per heavy atom. The fourth-order valence-electron chi connectivity index (χ4n) is 2.53. The zero-order valence-corrected chi connectivity index (χ0v) is 16.6. The first-order valence-corrected chi connectivity index (χ1v) is 9.23. The van der Waals surface area contributed by atoms with E-state index in [0.717, 1.165) is 11.1 Å². The Morgan fingerprint density at radius 3 is 2.25 bits per heavy atom. The lowest BCUT2D eigenvalue weighted by Crippen LogP contribution is -2.19. The van der Waals surface area contributed by atoms with Crippen LogP contribution in [-0.2, 0) is 9.53 Å². The highest BCUT2D eigenvalue weighted by Gasteiger charge is 2.17. The van der Waals surface area contributed by atoms with Crippen molar-refractivity contribution in [3.05, 3.63) is 82.8 Å². The van der Waals surface area contributed by atoms with Crippen molar-refractivity contribution in [2.45, 2.75) is 0 Å². The summed E-state index contributed by atoms with van der Waals surface area (Å²) in [7, 11) is 1.26. The molecule has 0 unspecified atom stereocenters. The molecule has 0 aliphatic rings. The SMILES string of the molecule is COC(=O)c1cc(Br)ccc1OC(=O)COc1ccc(-c2ccccc2)cc1. The molecule has 0 bridgehead atoms. The van der Waals surface area contributed by atoms with E-state index in [1.807, 2.05) is 42.5 Å². The Hall–Kier alpha value is -3.12. The highest BCUT2D eigenvalue weighted by atomic mass is 79.9. The summed E-state index contributed by atoms with van der Waals surface area (Å²) in [6.07, 6.45) is 0. The van der Waals surface area contributed by atoms with Gasteiger partial charge in [0.15, 0.2) is 6.61 Å². The van der Waals surface area contributed by atoms with Crippen LogP contribution >= 0.6 is 15.9 Å². The van der Waals surface area contributed by atoms with Crippen LogP contribution in [-0.4, -0.2) is 25.7 Å². The highest BCUT2D eigenvalue weighted by Crippen LogP contribution is 2.25. The van der Waals surface area contributed by atoms with Gasteiger partial charge in [-0.1, -0.05) is 58.4 Å². The van der Waals surface area contributed by atoms with Crippen molar-refractivity contribution in [3.63, 3.8) is 0 Å². The van der Waals surface area contributed by atoms with Gasteiger partial charge in [0.05, 0.1) is 7.11 Å². The summed E-state index contributed by atoms with van der Waals surface area (Å²) in [6.45, 7) is -0.290. The van der Waals surface area contributed by atoms with E-state index in [0.29, 0.717) is 10.2 Å². The minimum absolute atomic E-state index is 0.114. The molecule has 0 fully saturated rings. The van der Waals surface area contributed by atoms with Gasteiger partial charge in [0.25, 0.3) is 0 Å². The molecular formula is C22H17BrO5. The molecule has 0 N–H and O–H groups in total. The van der Waals surface area contributed by atoms with Crippen LogP contribution in [0.3, 0.4) is 0 Å². The van der Waals surface area contributed by atoms with E-state index in [2.05, 4.69) is 15.9 Å². The maximum atomic E-state index is 12.1. The van der Waals surface area contributed by atoms with E-state index in [9.17, 15) is 9.59 Å². The summed E-state index contributed by atoms with van der Waals surface area (Å²) < 4.78 is 16.1. The Morgan fingerprint density at radius 1 is 0.893 bits per heavy atom. The van der Waals surface area contributed by atoms with Crippen LogP contribution in [0.15, 0.2) is 77.3 Å². The molecule has 28 heavy (non-hydrogen) atoms. The predicted molar refractivity (Wildman–Crippen MR) is 108 cm³/mol. The van der Waals surface area contributed by atoms with E-state index in [4.69, 9.17) is 14.2 Å². The lowest BCUT2D eigenvalue weighted by Gasteiger charge is -2.10. The van der Waals surface area contributed by atoms with Gasteiger partial charge in [0, 0.05) is 4.47 Å².